The van der Waals surface area contributed by atoms with Gasteiger partial charge in [0.15, 0.2) is 5.82 Å². The summed E-state index contributed by atoms with van der Waals surface area (Å²) in [6, 6.07) is 0. The molecule has 1 heterocycles. The first kappa shape index (κ1) is 14.5. The fourth-order valence-corrected chi connectivity index (χ4v) is 1.30. The molecule has 0 fully saturated rings. The van der Waals surface area contributed by atoms with Crippen molar-refractivity contribution in [2.75, 3.05) is 25.6 Å². The summed E-state index contributed by atoms with van der Waals surface area (Å²) in [6.07, 6.45) is 3.40. The van der Waals surface area contributed by atoms with Crippen LogP contribution < -0.4 is 5.32 Å². The molecule has 1 atom stereocenters. The van der Waals surface area contributed by atoms with Crippen molar-refractivity contribution in [2.45, 2.75) is 26.4 Å². The van der Waals surface area contributed by atoms with E-state index in [1.54, 1.807) is 13.3 Å². The number of anilines is 1. The number of methoxy groups -OCH3 is 1. The van der Waals surface area contributed by atoms with Gasteiger partial charge in [-0.2, -0.15) is 0 Å². The maximum absolute atomic E-state index is 11.5. The van der Waals surface area contributed by atoms with Gasteiger partial charge in [-0.15, -0.1) is 0 Å². The topological polar surface area (TPSA) is 73.3 Å². The molecule has 0 aliphatic heterocycles. The molecule has 100 valence electrons. The van der Waals surface area contributed by atoms with E-state index in [2.05, 4.69) is 15.3 Å². The number of aromatic nitrogens is 2. The zero-order valence-electron chi connectivity index (χ0n) is 11.0. The zero-order valence-corrected chi connectivity index (χ0v) is 11.0. The van der Waals surface area contributed by atoms with Crippen LogP contribution in [0.15, 0.2) is 12.4 Å². The van der Waals surface area contributed by atoms with Crippen LogP contribution >= 0.6 is 0 Å². The highest BCUT2D eigenvalue weighted by molar-refractivity contribution is 5.89. The Labute approximate surface area is 107 Å². The summed E-state index contributed by atoms with van der Waals surface area (Å²) < 4.78 is 10.3. The van der Waals surface area contributed by atoms with Crippen molar-refractivity contribution in [3.05, 3.63) is 18.1 Å². The van der Waals surface area contributed by atoms with Crippen LogP contribution in [0.2, 0.25) is 0 Å². The van der Waals surface area contributed by atoms with Crippen LogP contribution in [0.5, 0.6) is 0 Å². The van der Waals surface area contributed by atoms with Gasteiger partial charge in [0.2, 0.25) is 5.91 Å². The van der Waals surface area contributed by atoms with E-state index in [9.17, 15) is 4.79 Å². The van der Waals surface area contributed by atoms with Gasteiger partial charge < -0.3 is 14.8 Å². The Hall–Kier alpha value is -1.53. The van der Waals surface area contributed by atoms with E-state index in [1.807, 2.05) is 13.8 Å². The van der Waals surface area contributed by atoms with Crippen LogP contribution in [0.4, 0.5) is 5.82 Å². The van der Waals surface area contributed by atoms with Crippen molar-refractivity contribution in [2.24, 2.45) is 0 Å². The van der Waals surface area contributed by atoms with E-state index >= 15 is 0 Å². The SMILES string of the molecule is COC[C@H](C)OCCC(=O)Nc1cnc(C)cn1. The summed E-state index contributed by atoms with van der Waals surface area (Å²) in [5, 5.41) is 2.65. The van der Waals surface area contributed by atoms with Gasteiger partial charge in [-0.25, -0.2) is 4.98 Å². The molecule has 1 amide bonds. The maximum atomic E-state index is 11.5. The molecular weight excluding hydrogens is 234 g/mol. The van der Waals surface area contributed by atoms with E-state index in [-0.39, 0.29) is 18.4 Å². The third-order valence-corrected chi connectivity index (χ3v) is 2.18. The smallest absolute Gasteiger partial charge is 0.227 e. The molecule has 1 rings (SSSR count). The number of aryl methyl sites for hydroxylation is 1. The predicted octanol–water partition coefficient (Wildman–Crippen LogP) is 1.17. The quantitative estimate of drug-likeness (QED) is 0.789. The summed E-state index contributed by atoms with van der Waals surface area (Å²) in [5.74, 6) is 0.313. The Balaban J connectivity index is 2.23. The van der Waals surface area contributed by atoms with Crippen molar-refractivity contribution in [1.82, 2.24) is 9.97 Å². The molecule has 0 aromatic carbocycles. The highest BCUT2D eigenvalue weighted by Gasteiger charge is 2.06. The molecule has 0 unspecified atom stereocenters. The van der Waals surface area contributed by atoms with Crippen molar-refractivity contribution in [1.29, 1.82) is 0 Å². The van der Waals surface area contributed by atoms with E-state index in [0.29, 0.717) is 19.0 Å². The largest absolute Gasteiger partial charge is 0.382 e. The molecule has 0 aliphatic rings. The third kappa shape index (κ3) is 5.70. The van der Waals surface area contributed by atoms with Crippen molar-refractivity contribution < 1.29 is 14.3 Å². The number of nitrogens with one attached hydrogen (secondary N) is 1. The van der Waals surface area contributed by atoms with E-state index in [4.69, 9.17) is 9.47 Å². The number of carbonyl (C=O) groups excluding carboxylic acids is 1. The molecule has 0 aliphatic carbocycles. The Morgan fingerprint density at radius 3 is 2.83 bits per heavy atom. The molecule has 6 heteroatoms. The fraction of sp³-hybridized carbons (Fsp3) is 0.583. The third-order valence-electron chi connectivity index (χ3n) is 2.18. The number of amides is 1. The standard InChI is InChI=1S/C12H19N3O3/c1-9-6-14-11(7-13-9)15-12(16)4-5-18-10(2)8-17-3/h6-7,10H,4-5,8H2,1-3H3,(H,14,15,16)/t10-/m0/s1. The van der Waals surface area contributed by atoms with Gasteiger partial charge in [0.05, 0.1) is 43.8 Å². The molecule has 0 bridgehead atoms. The van der Waals surface area contributed by atoms with Crippen molar-refractivity contribution in [3.8, 4) is 0 Å². The van der Waals surface area contributed by atoms with Crippen LogP contribution in [0.3, 0.4) is 0 Å². The first-order valence-corrected chi connectivity index (χ1v) is 5.81. The first-order valence-electron chi connectivity index (χ1n) is 5.81. The summed E-state index contributed by atoms with van der Waals surface area (Å²) >= 11 is 0. The Bertz CT molecular complexity index is 367. The van der Waals surface area contributed by atoms with Crippen LogP contribution in [0.1, 0.15) is 19.0 Å². The van der Waals surface area contributed by atoms with Crippen molar-refractivity contribution in [3.63, 3.8) is 0 Å². The minimum Gasteiger partial charge on any atom is -0.382 e. The number of ether oxygens (including phenoxy) is 2. The van der Waals surface area contributed by atoms with Crippen molar-refractivity contribution >= 4 is 11.7 Å². The molecule has 0 radical (unpaired) electrons. The molecule has 1 N–H and O–H groups in total. The van der Waals surface area contributed by atoms with Gasteiger partial charge in [-0.05, 0) is 13.8 Å². The Morgan fingerprint density at radius 1 is 1.44 bits per heavy atom. The van der Waals surface area contributed by atoms with Crippen LogP contribution in [0, 0.1) is 6.92 Å². The van der Waals surface area contributed by atoms with Gasteiger partial charge in [-0.1, -0.05) is 0 Å². The zero-order chi connectivity index (χ0) is 13.4. The number of rotatable bonds is 7. The lowest BCUT2D eigenvalue weighted by Gasteiger charge is -2.11. The van der Waals surface area contributed by atoms with Crippen LogP contribution in [0.25, 0.3) is 0 Å². The highest BCUT2D eigenvalue weighted by Crippen LogP contribution is 2.01. The summed E-state index contributed by atoms with van der Waals surface area (Å²) in [7, 11) is 1.61. The van der Waals surface area contributed by atoms with Gasteiger partial charge in [-0.3, -0.25) is 9.78 Å². The monoisotopic (exact) mass is 253 g/mol. The molecule has 1 aromatic heterocycles. The van der Waals surface area contributed by atoms with E-state index in [0.717, 1.165) is 5.69 Å². The van der Waals surface area contributed by atoms with E-state index < -0.39 is 0 Å². The Morgan fingerprint density at radius 2 is 2.22 bits per heavy atom. The minimum atomic E-state index is -0.141. The molecule has 6 nitrogen and oxygen atoms in total. The molecule has 0 spiro atoms. The van der Waals surface area contributed by atoms with Gasteiger partial charge in [0.25, 0.3) is 0 Å². The number of hydrogen-bond donors (Lipinski definition) is 1. The minimum absolute atomic E-state index is 0.0121. The maximum Gasteiger partial charge on any atom is 0.227 e. The summed E-state index contributed by atoms with van der Waals surface area (Å²) in [5.41, 5.74) is 0.810. The average Bonchev–Trinajstić information content (AvgIpc) is 2.32. The van der Waals surface area contributed by atoms with Gasteiger partial charge in [0, 0.05) is 7.11 Å². The number of nitrogens with zero attached hydrogens (tertiary/aromatic N) is 2. The second-order valence-corrected chi connectivity index (χ2v) is 3.98. The van der Waals surface area contributed by atoms with E-state index in [1.165, 1.54) is 6.20 Å². The lowest BCUT2D eigenvalue weighted by Crippen LogP contribution is -2.20. The molecule has 0 saturated heterocycles. The normalized spacial score (nSPS) is 12.2. The predicted molar refractivity (Wildman–Crippen MR) is 67.3 cm³/mol. The molecule has 0 saturated carbocycles. The number of carbonyl (C=O) groups is 1. The first-order chi connectivity index (χ1) is 8.61. The second-order valence-electron chi connectivity index (χ2n) is 3.98. The molecule has 1 aromatic rings. The van der Waals surface area contributed by atoms with Crippen LogP contribution in [-0.2, 0) is 14.3 Å². The molecule has 18 heavy (non-hydrogen) atoms. The second kappa shape index (κ2) is 7.73. The number of hydrogen-bond acceptors (Lipinski definition) is 5. The van der Waals surface area contributed by atoms with Gasteiger partial charge >= 0.3 is 0 Å². The Kier molecular flexibility index (Phi) is 6.24. The average molecular weight is 253 g/mol. The summed E-state index contributed by atoms with van der Waals surface area (Å²) in [6.45, 7) is 4.61. The summed E-state index contributed by atoms with van der Waals surface area (Å²) in [4.78, 5) is 19.6. The fourth-order valence-electron chi connectivity index (χ4n) is 1.30. The lowest BCUT2D eigenvalue weighted by atomic mass is 10.4. The highest BCUT2D eigenvalue weighted by atomic mass is 16.5. The molecular formula is C12H19N3O3. The van der Waals surface area contributed by atoms with Gasteiger partial charge in [0.1, 0.15) is 0 Å². The lowest BCUT2D eigenvalue weighted by molar-refractivity contribution is -0.117. The van der Waals surface area contributed by atoms with Crippen LogP contribution in [-0.4, -0.2) is 42.3 Å².